The van der Waals surface area contributed by atoms with E-state index in [2.05, 4.69) is 11.1 Å². The quantitative estimate of drug-likeness (QED) is 0.446. The molecule has 1 unspecified atom stereocenters. The molecule has 1 atom stereocenters. The number of hydrogen-bond acceptors (Lipinski definition) is 8. The average Bonchev–Trinajstić information content (AvgIpc) is 3.29. The Hall–Kier alpha value is -3.57. The molecule has 0 N–H and O–H groups in total. The molecule has 0 radical (unpaired) electrons. The van der Waals surface area contributed by atoms with E-state index in [1.807, 2.05) is 18.4 Å². The number of benzene rings is 2. The normalized spacial score (nSPS) is 11.3. The first-order valence-corrected chi connectivity index (χ1v) is 10.4. The number of nitrogens with zero attached hydrogens (tertiary/aromatic N) is 2. The van der Waals surface area contributed by atoms with E-state index in [0.717, 1.165) is 5.56 Å². The second kappa shape index (κ2) is 9.96. The minimum Gasteiger partial charge on any atom is -0.493 e. The van der Waals surface area contributed by atoms with Gasteiger partial charge in [0, 0.05) is 16.5 Å². The third-order valence-corrected chi connectivity index (χ3v) is 5.50. The summed E-state index contributed by atoms with van der Waals surface area (Å²) in [7, 11) is 4.66. The number of hydrogen-bond donors (Lipinski definition) is 0. The highest BCUT2D eigenvalue weighted by Crippen LogP contribution is 2.35. The van der Waals surface area contributed by atoms with Crippen molar-refractivity contribution in [3.8, 4) is 40.3 Å². The molecule has 0 fully saturated rings. The highest BCUT2D eigenvalue weighted by Gasteiger charge is 2.26. The van der Waals surface area contributed by atoms with Crippen LogP contribution in [-0.2, 0) is 0 Å². The lowest BCUT2D eigenvalue weighted by Gasteiger charge is -2.11. The predicted molar refractivity (Wildman–Crippen MR) is 118 cm³/mol. The second-order valence-electron chi connectivity index (χ2n) is 6.37. The lowest BCUT2D eigenvalue weighted by atomic mass is 9.99. The molecular formula is C23H22N2O5S. The highest BCUT2D eigenvalue weighted by molar-refractivity contribution is 7.10. The molecule has 0 aliphatic carbocycles. The van der Waals surface area contributed by atoms with Crippen molar-refractivity contribution in [2.75, 3.05) is 27.9 Å². The molecule has 0 aliphatic rings. The Labute approximate surface area is 184 Å². The van der Waals surface area contributed by atoms with Crippen molar-refractivity contribution in [1.82, 2.24) is 4.98 Å². The molecule has 160 valence electrons. The summed E-state index contributed by atoms with van der Waals surface area (Å²) in [4.78, 5) is 17.6. The molecule has 1 heterocycles. The fourth-order valence-electron chi connectivity index (χ4n) is 3.04. The Morgan fingerprint density at radius 3 is 2.35 bits per heavy atom. The predicted octanol–water partition coefficient (Wildman–Crippen LogP) is 4.72. The molecule has 3 aromatic rings. The van der Waals surface area contributed by atoms with E-state index < -0.39 is 5.92 Å². The molecule has 0 spiro atoms. The molecule has 0 bridgehead atoms. The maximum absolute atomic E-state index is 13.1. The maximum Gasteiger partial charge on any atom is 0.187 e. The first-order chi connectivity index (χ1) is 15.1. The van der Waals surface area contributed by atoms with Gasteiger partial charge in [0.1, 0.15) is 5.01 Å². The van der Waals surface area contributed by atoms with Gasteiger partial charge in [-0.2, -0.15) is 5.26 Å². The van der Waals surface area contributed by atoms with Gasteiger partial charge in [-0.3, -0.25) is 4.79 Å². The molecule has 0 saturated carbocycles. The van der Waals surface area contributed by atoms with Crippen LogP contribution in [-0.4, -0.2) is 38.7 Å². The van der Waals surface area contributed by atoms with Crippen LogP contribution in [0.4, 0.5) is 0 Å². The zero-order valence-electron chi connectivity index (χ0n) is 17.7. The Kier molecular flexibility index (Phi) is 7.11. The third kappa shape index (κ3) is 4.62. The minimum atomic E-state index is -1.03. The van der Waals surface area contributed by atoms with Crippen molar-refractivity contribution < 1.29 is 23.7 Å². The van der Waals surface area contributed by atoms with Crippen LogP contribution in [0.5, 0.6) is 23.0 Å². The molecule has 3 rings (SSSR count). The molecule has 31 heavy (non-hydrogen) atoms. The van der Waals surface area contributed by atoms with E-state index in [0.29, 0.717) is 45.9 Å². The van der Waals surface area contributed by atoms with Gasteiger partial charge in [-0.05, 0) is 43.3 Å². The second-order valence-corrected chi connectivity index (χ2v) is 7.26. The van der Waals surface area contributed by atoms with Gasteiger partial charge in [0.25, 0.3) is 0 Å². The van der Waals surface area contributed by atoms with E-state index in [9.17, 15) is 10.1 Å². The number of ketones is 1. The fourth-order valence-corrected chi connectivity index (χ4v) is 3.91. The Morgan fingerprint density at radius 2 is 1.71 bits per heavy atom. The number of ether oxygens (including phenoxy) is 4. The summed E-state index contributed by atoms with van der Waals surface area (Å²) in [6.07, 6.45) is 0. The minimum absolute atomic E-state index is 0.348. The van der Waals surface area contributed by atoms with Crippen LogP contribution < -0.4 is 18.9 Å². The monoisotopic (exact) mass is 438 g/mol. The Balaban J connectivity index is 1.91. The number of Topliss-reactive ketones (excluding diaryl/α,β-unsaturated/α-hetero) is 1. The summed E-state index contributed by atoms with van der Waals surface area (Å²) in [6.45, 7) is 2.27. The van der Waals surface area contributed by atoms with Gasteiger partial charge in [-0.25, -0.2) is 4.98 Å². The van der Waals surface area contributed by atoms with Crippen LogP contribution in [0.1, 0.15) is 28.2 Å². The fraction of sp³-hybridized carbons (Fsp3) is 0.261. The van der Waals surface area contributed by atoms with Gasteiger partial charge in [-0.15, -0.1) is 11.3 Å². The summed E-state index contributed by atoms with van der Waals surface area (Å²) in [5, 5.41) is 12.0. The van der Waals surface area contributed by atoms with Crippen LogP contribution >= 0.6 is 11.3 Å². The van der Waals surface area contributed by atoms with Crippen molar-refractivity contribution >= 4 is 17.1 Å². The number of aromatic nitrogens is 1. The summed E-state index contributed by atoms with van der Waals surface area (Å²) in [5.41, 5.74) is 1.81. The molecule has 0 aliphatic heterocycles. The topological polar surface area (TPSA) is 90.7 Å². The van der Waals surface area contributed by atoms with E-state index in [1.165, 1.54) is 18.4 Å². The molecule has 0 saturated heterocycles. The zero-order chi connectivity index (χ0) is 22.4. The summed E-state index contributed by atoms with van der Waals surface area (Å²) in [5.74, 6) is 0.788. The van der Waals surface area contributed by atoms with E-state index in [4.69, 9.17) is 18.9 Å². The molecule has 7 nitrogen and oxygen atoms in total. The SMILES string of the molecule is CCOc1cc(C(=O)C(C#N)c2nc(-c3ccc(OC)c(OC)c3)cs2)ccc1OC. The van der Waals surface area contributed by atoms with Crippen LogP contribution in [0.2, 0.25) is 0 Å². The van der Waals surface area contributed by atoms with Crippen molar-refractivity contribution in [2.45, 2.75) is 12.8 Å². The van der Waals surface area contributed by atoms with Crippen LogP contribution in [0.3, 0.4) is 0 Å². The molecule has 2 aromatic carbocycles. The van der Waals surface area contributed by atoms with Crippen LogP contribution in [0, 0.1) is 11.3 Å². The van der Waals surface area contributed by atoms with Crippen molar-refractivity contribution in [1.29, 1.82) is 5.26 Å². The summed E-state index contributed by atoms with van der Waals surface area (Å²) < 4.78 is 21.4. The first-order valence-electron chi connectivity index (χ1n) is 9.48. The number of methoxy groups -OCH3 is 3. The standard InChI is InChI=1S/C23H22N2O5S/c1-5-30-21-11-15(7-9-19(21)28-3)22(26)16(12-24)23-25-17(13-31-23)14-6-8-18(27-2)20(10-14)29-4/h6-11,13,16H,5H2,1-4H3. The largest absolute Gasteiger partial charge is 0.493 e. The lowest BCUT2D eigenvalue weighted by molar-refractivity contribution is 0.0978. The smallest absolute Gasteiger partial charge is 0.187 e. The maximum atomic E-state index is 13.1. The summed E-state index contributed by atoms with van der Waals surface area (Å²) in [6, 6.07) is 12.4. The van der Waals surface area contributed by atoms with Crippen molar-refractivity contribution in [3.05, 3.63) is 52.3 Å². The highest BCUT2D eigenvalue weighted by atomic mass is 32.1. The number of rotatable bonds is 9. The third-order valence-electron chi connectivity index (χ3n) is 4.59. The van der Waals surface area contributed by atoms with Crippen LogP contribution in [0.15, 0.2) is 41.8 Å². The van der Waals surface area contributed by atoms with Gasteiger partial charge >= 0.3 is 0 Å². The van der Waals surface area contributed by atoms with Crippen molar-refractivity contribution in [3.63, 3.8) is 0 Å². The molecule has 8 heteroatoms. The van der Waals surface area contributed by atoms with E-state index in [-0.39, 0.29) is 5.78 Å². The lowest BCUT2D eigenvalue weighted by Crippen LogP contribution is -2.11. The van der Waals surface area contributed by atoms with E-state index in [1.54, 1.807) is 44.6 Å². The first kappa shape index (κ1) is 22.1. The number of carbonyl (C=O) groups excluding carboxylic acids is 1. The van der Waals surface area contributed by atoms with Gasteiger partial charge in [0.05, 0.1) is 39.7 Å². The number of nitriles is 1. The zero-order valence-corrected chi connectivity index (χ0v) is 18.5. The Bertz CT molecular complexity index is 1120. The summed E-state index contributed by atoms with van der Waals surface area (Å²) >= 11 is 1.26. The van der Waals surface area contributed by atoms with Gasteiger partial charge < -0.3 is 18.9 Å². The van der Waals surface area contributed by atoms with Gasteiger partial charge in [0.2, 0.25) is 0 Å². The van der Waals surface area contributed by atoms with E-state index >= 15 is 0 Å². The van der Waals surface area contributed by atoms with Crippen molar-refractivity contribution in [2.24, 2.45) is 0 Å². The van der Waals surface area contributed by atoms with Crippen LogP contribution in [0.25, 0.3) is 11.3 Å². The number of thiazole rings is 1. The Morgan fingerprint density at radius 1 is 1.03 bits per heavy atom. The van der Waals surface area contributed by atoms with Gasteiger partial charge in [-0.1, -0.05) is 0 Å². The average molecular weight is 439 g/mol. The number of carbonyl (C=O) groups is 1. The van der Waals surface area contributed by atoms with Gasteiger partial charge in [0.15, 0.2) is 34.7 Å². The molecule has 1 aromatic heterocycles. The molecule has 0 amide bonds. The molecular weight excluding hydrogens is 416 g/mol.